The third-order valence-electron chi connectivity index (χ3n) is 2.55. The second-order valence-electron chi connectivity index (χ2n) is 3.58. The minimum absolute atomic E-state index is 0.0117. The standard InChI is InChI=1S/C10H12N2O4/c1-5-9(14)8(6(3-13)2-11-5)7-4-16-10(15)12-7/h2,7,13-14H,3-4H2,1H3,(H,12,15)/t7-/m1/s1. The third-order valence-corrected chi connectivity index (χ3v) is 2.55. The lowest BCUT2D eigenvalue weighted by molar-refractivity contribution is 0.176. The molecule has 6 heteroatoms. The Morgan fingerprint density at radius 2 is 2.44 bits per heavy atom. The average Bonchev–Trinajstić information content (AvgIpc) is 2.68. The van der Waals surface area contributed by atoms with Crippen LogP contribution >= 0.6 is 0 Å². The number of aliphatic hydroxyl groups excluding tert-OH is 1. The second kappa shape index (κ2) is 3.97. The first-order valence-electron chi connectivity index (χ1n) is 4.85. The number of nitrogens with one attached hydrogen (secondary N) is 1. The summed E-state index contributed by atoms with van der Waals surface area (Å²) in [5.74, 6) is -0.0117. The lowest BCUT2D eigenvalue weighted by Crippen LogP contribution is -2.20. The molecule has 1 aromatic heterocycles. The topological polar surface area (TPSA) is 91.7 Å². The van der Waals surface area contributed by atoms with Crippen LogP contribution in [-0.2, 0) is 11.3 Å². The van der Waals surface area contributed by atoms with E-state index in [0.29, 0.717) is 16.8 Å². The molecule has 1 amide bonds. The number of hydrogen-bond donors (Lipinski definition) is 3. The van der Waals surface area contributed by atoms with Crippen LogP contribution in [0.4, 0.5) is 4.79 Å². The van der Waals surface area contributed by atoms with Gasteiger partial charge in [-0.3, -0.25) is 4.98 Å². The Bertz CT molecular complexity index is 433. The van der Waals surface area contributed by atoms with Gasteiger partial charge in [-0.2, -0.15) is 0 Å². The molecular formula is C10H12N2O4. The maximum Gasteiger partial charge on any atom is 0.407 e. The molecule has 0 saturated carbocycles. The van der Waals surface area contributed by atoms with Gasteiger partial charge in [0.2, 0.25) is 0 Å². The van der Waals surface area contributed by atoms with Crippen LogP contribution in [0.3, 0.4) is 0 Å². The van der Waals surface area contributed by atoms with Crippen LogP contribution in [-0.4, -0.2) is 27.9 Å². The van der Waals surface area contributed by atoms with E-state index in [1.54, 1.807) is 6.92 Å². The van der Waals surface area contributed by atoms with E-state index in [9.17, 15) is 9.90 Å². The maximum atomic E-state index is 10.9. The Morgan fingerprint density at radius 1 is 1.69 bits per heavy atom. The van der Waals surface area contributed by atoms with E-state index in [2.05, 4.69) is 10.3 Å². The van der Waals surface area contributed by atoms with Crippen LogP contribution < -0.4 is 5.32 Å². The second-order valence-corrected chi connectivity index (χ2v) is 3.58. The SMILES string of the molecule is Cc1ncc(CO)c([C@H]2COC(=O)N2)c1O. The number of alkyl carbamates (subject to hydrolysis) is 1. The summed E-state index contributed by atoms with van der Waals surface area (Å²) in [7, 11) is 0. The molecule has 1 saturated heterocycles. The Hall–Kier alpha value is -1.82. The number of aromatic nitrogens is 1. The molecule has 0 radical (unpaired) electrons. The van der Waals surface area contributed by atoms with E-state index in [1.807, 2.05) is 0 Å². The molecule has 0 unspecified atom stereocenters. The van der Waals surface area contributed by atoms with Crippen molar-refractivity contribution in [1.82, 2.24) is 10.3 Å². The summed E-state index contributed by atoms with van der Waals surface area (Å²) in [5, 5.41) is 21.6. The van der Waals surface area contributed by atoms with Crippen molar-refractivity contribution in [3.8, 4) is 5.75 Å². The fourth-order valence-corrected chi connectivity index (χ4v) is 1.71. The van der Waals surface area contributed by atoms with Gasteiger partial charge in [0.25, 0.3) is 0 Å². The van der Waals surface area contributed by atoms with Gasteiger partial charge in [0.1, 0.15) is 12.4 Å². The highest BCUT2D eigenvalue weighted by Crippen LogP contribution is 2.31. The number of aryl methyl sites for hydroxylation is 1. The van der Waals surface area contributed by atoms with Crippen LogP contribution in [0.5, 0.6) is 5.75 Å². The fourth-order valence-electron chi connectivity index (χ4n) is 1.71. The van der Waals surface area contributed by atoms with Crippen LogP contribution in [0.2, 0.25) is 0 Å². The molecule has 0 bridgehead atoms. The molecule has 0 aromatic carbocycles. The molecule has 1 fully saturated rings. The highest BCUT2D eigenvalue weighted by atomic mass is 16.6. The third kappa shape index (κ3) is 1.67. The Labute approximate surface area is 91.9 Å². The van der Waals surface area contributed by atoms with Crippen molar-refractivity contribution in [3.05, 3.63) is 23.0 Å². The predicted molar refractivity (Wildman–Crippen MR) is 53.8 cm³/mol. The first-order chi connectivity index (χ1) is 7.63. The summed E-state index contributed by atoms with van der Waals surface area (Å²) in [4.78, 5) is 14.9. The van der Waals surface area contributed by atoms with Gasteiger partial charge in [-0.15, -0.1) is 0 Å². The van der Waals surface area contributed by atoms with E-state index >= 15 is 0 Å². The number of nitrogens with zero attached hydrogens (tertiary/aromatic N) is 1. The molecule has 1 aromatic rings. The number of carbonyl (C=O) groups is 1. The summed E-state index contributed by atoms with van der Waals surface area (Å²) in [6.45, 7) is 1.54. The van der Waals surface area contributed by atoms with Crippen molar-refractivity contribution in [2.24, 2.45) is 0 Å². The first-order valence-corrected chi connectivity index (χ1v) is 4.85. The van der Waals surface area contributed by atoms with E-state index < -0.39 is 12.1 Å². The quantitative estimate of drug-likeness (QED) is 0.675. The summed E-state index contributed by atoms with van der Waals surface area (Å²) < 4.78 is 4.75. The average molecular weight is 224 g/mol. The molecule has 2 rings (SSSR count). The highest BCUT2D eigenvalue weighted by molar-refractivity contribution is 5.70. The summed E-state index contributed by atoms with van der Waals surface area (Å²) in [6.07, 6.45) is 0.956. The normalized spacial score (nSPS) is 19.4. The number of pyridine rings is 1. The molecule has 1 aliphatic heterocycles. The van der Waals surface area contributed by atoms with Gasteiger partial charge < -0.3 is 20.3 Å². The van der Waals surface area contributed by atoms with Gasteiger partial charge in [-0.25, -0.2) is 4.79 Å². The minimum atomic E-state index is -0.525. The molecule has 1 aliphatic rings. The lowest BCUT2D eigenvalue weighted by atomic mass is 10.0. The molecule has 1 atom stereocenters. The van der Waals surface area contributed by atoms with Crippen LogP contribution in [0, 0.1) is 6.92 Å². The van der Waals surface area contributed by atoms with E-state index in [4.69, 9.17) is 9.84 Å². The van der Waals surface area contributed by atoms with Crippen molar-refractivity contribution in [1.29, 1.82) is 0 Å². The minimum Gasteiger partial charge on any atom is -0.506 e. The van der Waals surface area contributed by atoms with E-state index in [1.165, 1.54) is 6.20 Å². The Balaban J connectivity index is 2.45. The smallest absolute Gasteiger partial charge is 0.407 e. The van der Waals surface area contributed by atoms with Crippen molar-refractivity contribution < 1.29 is 19.7 Å². The summed E-state index contributed by atoms with van der Waals surface area (Å²) in [6, 6.07) is -0.434. The Kier molecular flexibility index (Phi) is 2.66. The zero-order valence-corrected chi connectivity index (χ0v) is 8.73. The number of hydrogen-bond acceptors (Lipinski definition) is 5. The van der Waals surface area contributed by atoms with Crippen LogP contribution in [0.15, 0.2) is 6.20 Å². The lowest BCUT2D eigenvalue weighted by Gasteiger charge is -2.15. The number of ether oxygens (including phenoxy) is 1. The molecular weight excluding hydrogens is 212 g/mol. The van der Waals surface area contributed by atoms with E-state index in [0.717, 1.165) is 0 Å². The van der Waals surface area contributed by atoms with Crippen molar-refractivity contribution in [2.75, 3.05) is 6.61 Å². The van der Waals surface area contributed by atoms with E-state index in [-0.39, 0.29) is 19.0 Å². The van der Waals surface area contributed by atoms with Gasteiger partial charge >= 0.3 is 6.09 Å². The van der Waals surface area contributed by atoms with Gasteiger partial charge in [0.15, 0.2) is 0 Å². The molecule has 0 aliphatic carbocycles. The Morgan fingerprint density at radius 3 is 3.00 bits per heavy atom. The van der Waals surface area contributed by atoms with Crippen molar-refractivity contribution in [2.45, 2.75) is 19.6 Å². The molecule has 0 spiro atoms. The molecule has 3 N–H and O–H groups in total. The van der Waals surface area contributed by atoms with Crippen molar-refractivity contribution >= 4 is 6.09 Å². The predicted octanol–water partition coefficient (Wildman–Crippen LogP) is 0.369. The molecule has 16 heavy (non-hydrogen) atoms. The number of amides is 1. The maximum absolute atomic E-state index is 10.9. The fraction of sp³-hybridized carbons (Fsp3) is 0.400. The zero-order chi connectivity index (χ0) is 11.7. The first kappa shape index (κ1) is 10.7. The number of aliphatic hydroxyl groups is 1. The highest BCUT2D eigenvalue weighted by Gasteiger charge is 2.29. The van der Waals surface area contributed by atoms with Gasteiger partial charge in [-0.1, -0.05) is 0 Å². The zero-order valence-electron chi connectivity index (χ0n) is 8.73. The number of aromatic hydroxyl groups is 1. The van der Waals surface area contributed by atoms with Gasteiger partial charge in [0, 0.05) is 17.3 Å². The molecule has 6 nitrogen and oxygen atoms in total. The van der Waals surface area contributed by atoms with Crippen LogP contribution in [0.25, 0.3) is 0 Å². The van der Waals surface area contributed by atoms with Crippen molar-refractivity contribution in [3.63, 3.8) is 0 Å². The molecule has 86 valence electrons. The van der Waals surface area contributed by atoms with Crippen LogP contribution in [0.1, 0.15) is 22.9 Å². The van der Waals surface area contributed by atoms with Gasteiger partial charge in [0.05, 0.1) is 18.3 Å². The largest absolute Gasteiger partial charge is 0.506 e. The number of carbonyl (C=O) groups excluding carboxylic acids is 1. The monoisotopic (exact) mass is 224 g/mol. The molecule has 2 heterocycles. The number of cyclic esters (lactones) is 1. The van der Waals surface area contributed by atoms with Gasteiger partial charge in [-0.05, 0) is 6.92 Å². The summed E-state index contributed by atoms with van der Waals surface area (Å²) >= 11 is 0. The number of rotatable bonds is 2. The summed E-state index contributed by atoms with van der Waals surface area (Å²) in [5.41, 5.74) is 1.41.